The van der Waals surface area contributed by atoms with Crippen molar-refractivity contribution in [1.29, 1.82) is 0 Å². The highest BCUT2D eigenvalue weighted by atomic mass is 32.2. The first-order valence-corrected chi connectivity index (χ1v) is 10.8. The van der Waals surface area contributed by atoms with Crippen molar-refractivity contribution in [2.75, 3.05) is 12.8 Å². The Morgan fingerprint density at radius 3 is 2.54 bits per heavy atom. The van der Waals surface area contributed by atoms with E-state index in [1.165, 1.54) is 12.1 Å². The van der Waals surface area contributed by atoms with Gasteiger partial charge >= 0.3 is 0 Å². The predicted octanol–water partition coefficient (Wildman–Crippen LogP) is 2.57. The number of nitrogens with zero attached hydrogens (tertiary/aromatic N) is 4. The molecule has 0 spiro atoms. The first-order chi connectivity index (χ1) is 13.3. The molecule has 2 heterocycles. The third-order valence-electron chi connectivity index (χ3n) is 4.90. The fourth-order valence-corrected chi connectivity index (χ4v) is 4.04. The normalized spacial score (nSPS) is 16.6. The Balaban J connectivity index is 1.64. The Kier molecular flexibility index (Phi) is 4.50. The second kappa shape index (κ2) is 6.87. The molecule has 0 saturated carbocycles. The minimum absolute atomic E-state index is 0.137. The van der Waals surface area contributed by atoms with E-state index in [0.29, 0.717) is 24.5 Å². The summed E-state index contributed by atoms with van der Waals surface area (Å²) in [6.07, 6.45) is 1.13. The van der Waals surface area contributed by atoms with Crippen molar-refractivity contribution in [2.45, 2.75) is 24.4 Å². The lowest BCUT2D eigenvalue weighted by molar-refractivity contribution is 0.0630. The predicted molar refractivity (Wildman–Crippen MR) is 104 cm³/mol. The van der Waals surface area contributed by atoms with E-state index >= 15 is 0 Å². The highest BCUT2D eigenvalue weighted by Gasteiger charge is 2.31. The minimum atomic E-state index is -3.38. The van der Waals surface area contributed by atoms with E-state index in [4.69, 9.17) is 0 Å². The Hall–Kier alpha value is -3.00. The minimum Gasteiger partial charge on any atom is -0.327 e. The van der Waals surface area contributed by atoms with Crippen LogP contribution in [0.3, 0.4) is 0 Å². The molecule has 1 aromatic heterocycles. The lowest BCUT2D eigenvalue weighted by Crippen LogP contribution is -2.41. The van der Waals surface area contributed by atoms with E-state index in [1.807, 2.05) is 41.9 Å². The molecule has 0 bridgehead atoms. The number of carbonyl (C=O) groups is 1. The van der Waals surface area contributed by atoms with E-state index in [9.17, 15) is 13.2 Å². The molecule has 0 saturated heterocycles. The summed E-state index contributed by atoms with van der Waals surface area (Å²) in [5.41, 5.74) is 1.28. The van der Waals surface area contributed by atoms with Gasteiger partial charge in [-0.2, -0.15) is 5.10 Å². The second-order valence-corrected chi connectivity index (χ2v) is 8.87. The summed E-state index contributed by atoms with van der Waals surface area (Å²) in [6.45, 7) is 2.93. The van der Waals surface area contributed by atoms with Crippen LogP contribution in [0.1, 0.15) is 29.1 Å². The zero-order valence-electron chi connectivity index (χ0n) is 15.6. The number of hydrogen-bond acceptors (Lipinski definition) is 5. The van der Waals surface area contributed by atoms with Crippen LogP contribution in [0.15, 0.2) is 59.5 Å². The smallest absolute Gasteiger partial charge is 0.254 e. The molecule has 3 aromatic rings. The molecule has 1 atom stereocenters. The highest BCUT2D eigenvalue weighted by Crippen LogP contribution is 2.28. The van der Waals surface area contributed by atoms with Crippen LogP contribution in [0.25, 0.3) is 11.4 Å². The average molecular weight is 396 g/mol. The van der Waals surface area contributed by atoms with Gasteiger partial charge in [0.25, 0.3) is 5.91 Å². The molecule has 0 unspecified atom stereocenters. The monoisotopic (exact) mass is 396 g/mol. The first-order valence-electron chi connectivity index (χ1n) is 8.96. The number of aromatic nitrogens is 3. The van der Waals surface area contributed by atoms with Crippen LogP contribution < -0.4 is 0 Å². The number of hydrogen-bond donors (Lipinski definition) is 0. The van der Waals surface area contributed by atoms with Gasteiger partial charge in [-0.3, -0.25) is 4.79 Å². The van der Waals surface area contributed by atoms with Crippen LogP contribution >= 0.6 is 0 Å². The summed E-state index contributed by atoms with van der Waals surface area (Å²) in [4.78, 5) is 19.5. The van der Waals surface area contributed by atoms with E-state index in [0.717, 1.165) is 17.6 Å². The van der Waals surface area contributed by atoms with E-state index in [2.05, 4.69) is 10.1 Å². The fraction of sp³-hybridized carbons (Fsp3) is 0.250. The SMILES string of the molecule is C[C@H]1c2nc(-c3ccccc3)nn2CCN1C(=O)c1cccc(S(C)(=O)=O)c1. The molecule has 0 radical (unpaired) electrons. The molecule has 28 heavy (non-hydrogen) atoms. The summed E-state index contributed by atoms with van der Waals surface area (Å²) in [6, 6.07) is 15.6. The van der Waals surface area contributed by atoms with Gasteiger partial charge in [0.2, 0.25) is 0 Å². The zero-order valence-corrected chi connectivity index (χ0v) is 16.4. The molecule has 8 heteroatoms. The van der Waals surface area contributed by atoms with Crippen LogP contribution in [0.5, 0.6) is 0 Å². The van der Waals surface area contributed by atoms with Crippen LogP contribution in [0.4, 0.5) is 0 Å². The molecule has 144 valence electrons. The van der Waals surface area contributed by atoms with Gasteiger partial charge < -0.3 is 4.90 Å². The van der Waals surface area contributed by atoms with Crippen molar-refractivity contribution in [3.63, 3.8) is 0 Å². The van der Waals surface area contributed by atoms with Gasteiger partial charge in [0.1, 0.15) is 5.82 Å². The van der Waals surface area contributed by atoms with Crippen LogP contribution in [-0.2, 0) is 16.4 Å². The summed E-state index contributed by atoms with van der Waals surface area (Å²) in [7, 11) is -3.38. The van der Waals surface area contributed by atoms with Crippen molar-refractivity contribution >= 4 is 15.7 Å². The molecule has 0 fully saturated rings. The van der Waals surface area contributed by atoms with Crippen LogP contribution in [-0.4, -0.2) is 46.8 Å². The summed E-state index contributed by atoms with van der Waals surface area (Å²) in [5.74, 6) is 1.14. The van der Waals surface area contributed by atoms with Crippen molar-refractivity contribution in [2.24, 2.45) is 0 Å². The number of sulfone groups is 1. The van der Waals surface area contributed by atoms with Gasteiger partial charge in [-0.15, -0.1) is 0 Å². The second-order valence-electron chi connectivity index (χ2n) is 6.86. The summed E-state index contributed by atoms with van der Waals surface area (Å²) in [5, 5.41) is 4.57. The van der Waals surface area contributed by atoms with Gasteiger partial charge in [-0.1, -0.05) is 36.4 Å². The molecule has 7 nitrogen and oxygen atoms in total. The number of benzene rings is 2. The standard InChI is InChI=1S/C20H20N4O3S/c1-14-19-21-18(15-7-4-3-5-8-15)22-24(19)12-11-23(14)20(25)16-9-6-10-17(13-16)28(2,26)27/h3-10,13-14H,11-12H2,1-2H3/t14-/m0/s1. The van der Waals surface area contributed by atoms with Crippen LogP contribution in [0, 0.1) is 0 Å². The van der Waals surface area contributed by atoms with Gasteiger partial charge in [-0.05, 0) is 25.1 Å². The van der Waals surface area contributed by atoms with Gasteiger partial charge in [0.15, 0.2) is 15.7 Å². The molecule has 2 aromatic carbocycles. The quantitative estimate of drug-likeness (QED) is 0.679. The Morgan fingerprint density at radius 1 is 1.07 bits per heavy atom. The molecule has 0 N–H and O–H groups in total. The molecule has 1 aliphatic heterocycles. The van der Waals surface area contributed by atoms with Crippen molar-refractivity contribution < 1.29 is 13.2 Å². The van der Waals surface area contributed by atoms with Crippen molar-refractivity contribution in [1.82, 2.24) is 19.7 Å². The molecule has 4 rings (SSSR count). The van der Waals surface area contributed by atoms with E-state index < -0.39 is 9.84 Å². The van der Waals surface area contributed by atoms with Crippen molar-refractivity contribution in [3.05, 3.63) is 66.0 Å². The topological polar surface area (TPSA) is 85.2 Å². The van der Waals surface area contributed by atoms with Gasteiger partial charge in [0, 0.05) is 23.9 Å². The number of fused-ring (bicyclic) bond motifs is 1. The number of carbonyl (C=O) groups excluding carboxylic acids is 1. The zero-order chi connectivity index (χ0) is 19.9. The lowest BCUT2D eigenvalue weighted by atomic mass is 10.1. The van der Waals surface area contributed by atoms with Crippen molar-refractivity contribution in [3.8, 4) is 11.4 Å². The summed E-state index contributed by atoms with van der Waals surface area (Å²) < 4.78 is 25.4. The Morgan fingerprint density at radius 2 is 1.82 bits per heavy atom. The largest absolute Gasteiger partial charge is 0.327 e. The van der Waals surface area contributed by atoms with E-state index in [-0.39, 0.29) is 16.8 Å². The maximum atomic E-state index is 13.0. The van der Waals surface area contributed by atoms with E-state index in [1.54, 1.807) is 17.0 Å². The van der Waals surface area contributed by atoms with Gasteiger partial charge in [0.05, 0.1) is 17.5 Å². The Bertz CT molecular complexity index is 1140. The molecule has 0 aliphatic carbocycles. The molecule has 1 aliphatic rings. The van der Waals surface area contributed by atoms with Crippen LogP contribution in [0.2, 0.25) is 0 Å². The Labute approximate surface area is 163 Å². The first kappa shape index (κ1) is 18.4. The lowest BCUT2D eigenvalue weighted by Gasteiger charge is -2.33. The average Bonchev–Trinajstić information content (AvgIpc) is 3.13. The number of amides is 1. The third kappa shape index (κ3) is 3.31. The fourth-order valence-electron chi connectivity index (χ4n) is 3.38. The summed E-state index contributed by atoms with van der Waals surface area (Å²) >= 11 is 0. The molecular formula is C20H20N4O3S. The molecular weight excluding hydrogens is 376 g/mol. The maximum Gasteiger partial charge on any atom is 0.254 e. The maximum absolute atomic E-state index is 13.0. The van der Waals surface area contributed by atoms with Gasteiger partial charge in [-0.25, -0.2) is 18.1 Å². The number of rotatable bonds is 3. The molecule has 1 amide bonds. The highest BCUT2D eigenvalue weighted by molar-refractivity contribution is 7.90. The third-order valence-corrected chi connectivity index (χ3v) is 6.01.